The van der Waals surface area contributed by atoms with Crippen LogP contribution in [0.25, 0.3) is 0 Å². The molecule has 2 heteroatoms. The molecular formula is C13H20N2. The number of hydrogen-bond donors (Lipinski definition) is 0. The van der Waals surface area contributed by atoms with Crippen molar-refractivity contribution in [2.45, 2.75) is 27.7 Å². The number of rotatable bonds is 3. The number of nitrogens with zero attached hydrogens (tertiary/aromatic N) is 2. The van der Waals surface area contributed by atoms with E-state index in [4.69, 9.17) is 0 Å². The quantitative estimate of drug-likeness (QED) is 0.537. The highest BCUT2D eigenvalue weighted by Gasteiger charge is 2.01. The summed E-state index contributed by atoms with van der Waals surface area (Å²) in [6.45, 7) is 11.6. The summed E-state index contributed by atoms with van der Waals surface area (Å²) in [6, 6.07) is 8.07. The first-order valence-corrected chi connectivity index (χ1v) is 5.25. The Balaban J connectivity index is 0.000000921. The minimum Gasteiger partial charge on any atom is -0.242 e. The van der Waals surface area contributed by atoms with E-state index in [1.165, 1.54) is 5.56 Å². The summed E-state index contributed by atoms with van der Waals surface area (Å²) in [7, 11) is 0. The smallest absolute Gasteiger partial charge is 0.0674 e. The first-order valence-electron chi connectivity index (χ1n) is 5.25. The molecule has 0 saturated heterocycles. The van der Waals surface area contributed by atoms with Crippen molar-refractivity contribution in [2.24, 2.45) is 5.10 Å². The van der Waals surface area contributed by atoms with Gasteiger partial charge in [0.25, 0.3) is 0 Å². The van der Waals surface area contributed by atoms with Crippen LogP contribution in [0, 0.1) is 6.92 Å². The van der Waals surface area contributed by atoms with Crippen LogP contribution in [0.15, 0.2) is 42.1 Å². The van der Waals surface area contributed by atoms with Gasteiger partial charge in [-0.1, -0.05) is 38.6 Å². The van der Waals surface area contributed by atoms with Crippen molar-refractivity contribution in [3.05, 3.63) is 42.6 Å². The summed E-state index contributed by atoms with van der Waals surface area (Å²) in [4.78, 5) is 0. The van der Waals surface area contributed by atoms with E-state index in [9.17, 15) is 0 Å². The number of hydrogen-bond acceptors (Lipinski definition) is 2. The largest absolute Gasteiger partial charge is 0.242 e. The lowest BCUT2D eigenvalue weighted by atomic mass is 10.2. The summed E-state index contributed by atoms with van der Waals surface area (Å²) in [5.41, 5.74) is 2.25. The van der Waals surface area contributed by atoms with Gasteiger partial charge in [0, 0.05) is 12.4 Å². The van der Waals surface area contributed by atoms with E-state index in [1.54, 1.807) is 17.4 Å². The third-order valence-electron chi connectivity index (χ3n) is 1.78. The highest BCUT2D eigenvalue weighted by Crippen LogP contribution is 2.19. The maximum absolute atomic E-state index is 4.16. The number of aryl methyl sites for hydroxylation is 1. The Morgan fingerprint density at radius 1 is 1.27 bits per heavy atom. The molecule has 0 unspecified atom stereocenters. The summed E-state index contributed by atoms with van der Waals surface area (Å²) < 4.78 is 0. The van der Waals surface area contributed by atoms with Crippen LogP contribution in [-0.4, -0.2) is 6.21 Å². The molecule has 82 valence electrons. The van der Waals surface area contributed by atoms with Crippen LogP contribution in [0.2, 0.25) is 0 Å². The maximum atomic E-state index is 4.16. The number of hydrazone groups is 1. The van der Waals surface area contributed by atoms with E-state index in [2.05, 4.69) is 24.7 Å². The summed E-state index contributed by atoms with van der Waals surface area (Å²) in [6.07, 6.45) is 3.44. The van der Waals surface area contributed by atoms with E-state index >= 15 is 0 Å². The van der Waals surface area contributed by atoms with Crippen molar-refractivity contribution in [1.82, 2.24) is 0 Å². The van der Waals surface area contributed by atoms with Gasteiger partial charge in [0.2, 0.25) is 0 Å². The predicted molar refractivity (Wildman–Crippen MR) is 69.4 cm³/mol. The zero-order valence-electron chi connectivity index (χ0n) is 10.1. The Labute approximate surface area is 92.9 Å². The minimum atomic E-state index is 1.07. The zero-order chi connectivity index (χ0) is 11.7. The molecule has 1 rings (SSSR count). The lowest BCUT2D eigenvalue weighted by molar-refractivity contribution is 1.07. The molecule has 0 aromatic heterocycles. The Bertz CT molecular complexity index is 316. The Kier molecular flexibility index (Phi) is 6.98. The van der Waals surface area contributed by atoms with Gasteiger partial charge in [-0.3, -0.25) is 0 Å². The van der Waals surface area contributed by atoms with Crippen molar-refractivity contribution in [3.8, 4) is 0 Å². The molecule has 0 atom stereocenters. The Hall–Kier alpha value is -1.57. The van der Waals surface area contributed by atoms with Crippen LogP contribution >= 0.6 is 0 Å². The fraction of sp³-hybridized carbons (Fsp3) is 0.308. The summed E-state index contributed by atoms with van der Waals surface area (Å²) in [5, 5.41) is 5.92. The van der Waals surface area contributed by atoms with Gasteiger partial charge in [-0.2, -0.15) is 5.10 Å². The SMILES string of the molecule is C=CN(/N=C\C)c1ccccc1C.CC. The summed E-state index contributed by atoms with van der Waals surface area (Å²) in [5.74, 6) is 0. The molecule has 0 heterocycles. The zero-order valence-corrected chi connectivity index (χ0v) is 10.1. The molecule has 0 fully saturated rings. The van der Waals surface area contributed by atoms with E-state index in [0.717, 1.165) is 5.69 Å². The van der Waals surface area contributed by atoms with E-state index in [-0.39, 0.29) is 0 Å². The van der Waals surface area contributed by atoms with Crippen LogP contribution in [-0.2, 0) is 0 Å². The van der Waals surface area contributed by atoms with Crippen molar-refractivity contribution in [1.29, 1.82) is 0 Å². The van der Waals surface area contributed by atoms with Crippen LogP contribution in [0.4, 0.5) is 5.69 Å². The Morgan fingerprint density at radius 3 is 2.33 bits per heavy atom. The molecule has 1 aromatic rings. The van der Waals surface area contributed by atoms with Crippen molar-refractivity contribution in [3.63, 3.8) is 0 Å². The third kappa shape index (κ3) is 3.98. The highest BCUT2D eigenvalue weighted by molar-refractivity contribution is 5.60. The molecule has 0 saturated carbocycles. The van der Waals surface area contributed by atoms with E-state index in [1.807, 2.05) is 39.0 Å². The molecule has 0 aliphatic heterocycles. The maximum Gasteiger partial charge on any atom is 0.0674 e. The molecule has 0 aliphatic rings. The minimum absolute atomic E-state index is 1.07. The number of benzene rings is 1. The van der Waals surface area contributed by atoms with Gasteiger partial charge in [0.15, 0.2) is 0 Å². The highest BCUT2D eigenvalue weighted by atomic mass is 15.4. The normalized spacial score (nSPS) is 9.33. The molecule has 15 heavy (non-hydrogen) atoms. The monoisotopic (exact) mass is 204 g/mol. The predicted octanol–water partition coefficient (Wildman–Crippen LogP) is 3.98. The molecular weight excluding hydrogens is 184 g/mol. The molecule has 2 nitrogen and oxygen atoms in total. The van der Waals surface area contributed by atoms with Crippen LogP contribution < -0.4 is 5.01 Å². The molecule has 0 amide bonds. The molecule has 0 aliphatic carbocycles. The van der Waals surface area contributed by atoms with Gasteiger partial charge in [-0.25, -0.2) is 5.01 Å². The average Bonchev–Trinajstić information content (AvgIpc) is 2.30. The van der Waals surface area contributed by atoms with Crippen molar-refractivity contribution >= 4 is 11.9 Å². The molecule has 0 spiro atoms. The topological polar surface area (TPSA) is 15.6 Å². The van der Waals surface area contributed by atoms with Crippen LogP contribution in [0.3, 0.4) is 0 Å². The lowest BCUT2D eigenvalue weighted by Crippen LogP contribution is -2.07. The van der Waals surface area contributed by atoms with Crippen LogP contribution in [0.5, 0.6) is 0 Å². The second kappa shape index (κ2) is 7.80. The second-order valence-electron chi connectivity index (χ2n) is 2.69. The van der Waals surface area contributed by atoms with Gasteiger partial charge >= 0.3 is 0 Å². The fourth-order valence-corrected chi connectivity index (χ4v) is 1.15. The van der Waals surface area contributed by atoms with Gasteiger partial charge < -0.3 is 0 Å². The van der Waals surface area contributed by atoms with E-state index in [0.29, 0.717) is 0 Å². The van der Waals surface area contributed by atoms with Gasteiger partial charge in [0.05, 0.1) is 5.69 Å². The lowest BCUT2D eigenvalue weighted by Gasteiger charge is -2.15. The number of anilines is 1. The fourth-order valence-electron chi connectivity index (χ4n) is 1.15. The average molecular weight is 204 g/mol. The first-order chi connectivity index (χ1) is 7.29. The number of para-hydroxylation sites is 1. The first kappa shape index (κ1) is 13.4. The van der Waals surface area contributed by atoms with Crippen molar-refractivity contribution in [2.75, 3.05) is 5.01 Å². The molecule has 0 bridgehead atoms. The second-order valence-corrected chi connectivity index (χ2v) is 2.69. The van der Waals surface area contributed by atoms with Gasteiger partial charge in [-0.05, 0) is 25.5 Å². The molecule has 0 radical (unpaired) electrons. The molecule has 0 N–H and O–H groups in total. The Morgan fingerprint density at radius 2 is 1.87 bits per heavy atom. The summed E-state index contributed by atoms with van der Waals surface area (Å²) >= 11 is 0. The third-order valence-corrected chi connectivity index (χ3v) is 1.78. The van der Waals surface area contributed by atoms with Crippen molar-refractivity contribution < 1.29 is 0 Å². The van der Waals surface area contributed by atoms with Gasteiger partial charge in [0.1, 0.15) is 0 Å². The van der Waals surface area contributed by atoms with Gasteiger partial charge in [-0.15, -0.1) is 0 Å². The van der Waals surface area contributed by atoms with E-state index < -0.39 is 0 Å². The van der Waals surface area contributed by atoms with Crippen LogP contribution in [0.1, 0.15) is 26.3 Å². The standard InChI is InChI=1S/C11H14N2.C2H6/c1-4-12-13(5-2)11-9-7-6-8-10(11)3;1-2/h4-9H,2H2,1,3H3;1-2H3/b12-4-;. The molecule has 1 aromatic carbocycles.